The van der Waals surface area contributed by atoms with Gasteiger partial charge in [-0.2, -0.15) is 5.26 Å². The van der Waals surface area contributed by atoms with Gasteiger partial charge in [-0.15, -0.1) is 0 Å². The van der Waals surface area contributed by atoms with E-state index < -0.39 is 0 Å². The second-order valence-corrected chi connectivity index (χ2v) is 8.03. The number of likely N-dealkylation sites (tertiary alicyclic amines) is 2. The number of amides is 2. The molecule has 0 aliphatic carbocycles. The molecule has 0 saturated carbocycles. The van der Waals surface area contributed by atoms with Crippen molar-refractivity contribution in [3.63, 3.8) is 0 Å². The fourth-order valence-corrected chi connectivity index (χ4v) is 4.36. The second kappa shape index (κ2) is 9.75. The minimum atomic E-state index is 0.147. The molecule has 0 radical (unpaired) electrons. The Morgan fingerprint density at radius 3 is 2.46 bits per heavy atom. The number of hydrogen-bond donors (Lipinski definition) is 1. The zero-order valence-corrected chi connectivity index (χ0v) is 16.9. The highest BCUT2D eigenvalue weighted by Crippen LogP contribution is 2.28. The van der Waals surface area contributed by atoms with Gasteiger partial charge in [0.1, 0.15) is 0 Å². The largest absolute Gasteiger partial charge is 0.396 e. The van der Waals surface area contributed by atoms with Gasteiger partial charge in [-0.3, -0.25) is 0 Å². The Labute approximate surface area is 168 Å². The zero-order valence-electron chi connectivity index (χ0n) is 16.9. The maximum atomic E-state index is 12.9. The molecule has 0 spiro atoms. The fourth-order valence-electron chi connectivity index (χ4n) is 4.36. The van der Waals surface area contributed by atoms with Crippen molar-refractivity contribution >= 4 is 11.6 Å². The van der Waals surface area contributed by atoms with Crippen LogP contribution in [0.3, 0.4) is 0 Å². The number of allylic oxidation sites excluding steroid dienone is 1. The molecule has 2 amide bonds. The molecule has 2 aliphatic rings. The molecule has 28 heavy (non-hydrogen) atoms. The van der Waals surface area contributed by atoms with E-state index in [-0.39, 0.29) is 12.6 Å². The number of aliphatic hydroxyl groups excluding tert-OH is 1. The molecule has 1 aromatic rings. The third kappa shape index (κ3) is 4.94. The maximum Gasteiger partial charge on any atom is 0.320 e. The summed E-state index contributed by atoms with van der Waals surface area (Å²) >= 11 is 0. The fraction of sp³-hybridized carbons (Fsp3) is 0.565. The molecule has 1 N–H and O–H groups in total. The maximum absolute atomic E-state index is 12.9. The summed E-state index contributed by atoms with van der Waals surface area (Å²) in [5.41, 5.74) is 4.09. The first-order chi connectivity index (χ1) is 13.6. The summed E-state index contributed by atoms with van der Waals surface area (Å²) in [5.74, 6) is 0.639. The molecule has 5 nitrogen and oxygen atoms in total. The number of benzene rings is 1. The van der Waals surface area contributed by atoms with Crippen molar-refractivity contribution in [3.05, 3.63) is 41.0 Å². The summed E-state index contributed by atoms with van der Waals surface area (Å²) in [6.07, 6.45) is 5.55. The normalized spacial score (nSPS) is 18.1. The van der Waals surface area contributed by atoms with E-state index in [1.165, 1.54) is 5.57 Å². The molecule has 2 saturated heterocycles. The lowest BCUT2D eigenvalue weighted by atomic mass is 9.92. The Morgan fingerprint density at radius 1 is 1.18 bits per heavy atom. The predicted octanol–water partition coefficient (Wildman–Crippen LogP) is 3.97. The van der Waals surface area contributed by atoms with Crippen molar-refractivity contribution in [2.24, 2.45) is 5.92 Å². The van der Waals surface area contributed by atoms with Crippen molar-refractivity contribution in [3.8, 4) is 6.07 Å². The van der Waals surface area contributed by atoms with Crippen molar-refractivity contribution < 1.29 is 9.90 Å². The molecule has 0 unspecified atom stereocenters. The average Bonchev–Trinajstić information content (AvgIpc) is 2.73. The topological polar surface area (TPSA) is 67.6 Å². The number of aliphatic hydroxyl groups is 1. The van der Waals surface area contributed by atoms with Crippen LogP contribution in [0.2, 0.25) is 0 Å². The summed E-state index contributed by atoms with van der Waals surface area (Å²) in [6, 6.07) is 10.6. The number of nitriles is 1. The highest BCUT2D eigenvalue weighted by Gasteiger charge is 2.28. The van der Waals surface area contributed by atoms with Gasteiger partial charge in [0.15, 0.2) is 0 Å². The van der Waals surface area contributed by atoms with E-state index in [0.29, 0.717) is 19.0 Å². The lowest BCUT2D eigenvalue weighted by Gasteiger charge is -2.37. The highest BCUT2D eigenvalue weighted by atomic mass is 16.3. The van der Waals surface area contributed by atoms with Gasteiger partial charge in [0, 0.05) is 32.8 Å². The van der Waals surface area contributed by atoms with Crippen molar-refractivity contribution in [2.45, 2.75) is 45.4 Å². The monoisotopic (exact) mass is 381 g/mol. The van der Waals surface area contributed by atoms with Crippen LogP contribution in [0, 0.1) is 24.2 Å². The third-order valence-electron chi connectivity index (χ3n) is 6.07. The number of carbonyl (C=O) groups is 1. The predicted molar refractivity (Wildman–Crippen MR) is 111 cm³/mol. The van der Waals surface area contributed by atoms with Gasteiger partial charge in [-0.25, -0.2) is 4.79 Å². The minimum absolute atomic E-state index is 0.147. The SMILES string of the molecule is Cc1cccc(C(C#N)=C2CCN(C(=O)N3CCC(CCCO)CC3)CC2)c1. The van der Waals surface area contributed by atoms with Gasteiger partial charge in [0.25, 0.3) is 0 Å². The molecule has 150 valence electrons. The van der Waals surface area contributed by atoms with E-state index >= 15 is 0 Å². The number of rotatable bonds is 4. The van der Waals surface area contributed by atoms with Gasteiger partial charge in [0.2, 0.25) is 0 Å². The standard InChI is InChI=1S/C23H31N3O2/c1-18-4-2-6-21(16-18)22(17-24)20-9-13-26(14-10-20)23(28)25-11-7-19(8-12-25)5-3-15-27/h2,4,6,16,19,27H,3,5,7-15H2,1H3. The number of hydrogen-bond acceptors (Lipinski definition) is 3. The van der Waals surface area contributed by atoms with Crippen LogP contribution in [0.1, 0.15) is 49.7 Å². The Bertz CT molecular complexity index is 747. The Morgan fingerprint density at radius 2 is 1.86 bits per heavy atom. The van der Waals surface area contributed by atoms with Crippen LogP contribution >= 0.6 is 0 Å². The molecule has 2 aliphatic heterocycles. The summed E-state index contributed by atoms with van der Waals surface area (Å²) in [5, 5.41) is 18.7. The second-order valence-electron chi connectivity index (χ2n) is 8.03. The lowest BCUT2D eigenvalue weighted by molar-refractivity contribution is 0.126. The molecule has 2 heterocycles. The number of carbonyl (C=O) groups excluding carboxylic acids is 1. The molecule has 1 aromatic carbocycles. The smallest absolute Gasteiger partial charge is 0.320 e. The van der Waals surface area contributed by atoms with Crippen LogP contribution in [0.5, 0.6) is 0 Å². The van der Waals surface area contributed by atoms with E-state index in [1.807, 2.05) is 34.9 Å². The molecule has 2 fully saturated rings. The molecular formula is C23H31N3O2. The van der Waals surface area contributed by atoms with Crippen LogP contribution in [0.15, 0.2) is 29.8 Å². The van der Waals surface area contributed by atoms with Crippen molar-refractivity contribution in [2.75, 3.05) is 32.8 Å². The Hall–Kier alpha value is -2.32. The average molecular weight is 382 g/mol. The van der Waals surface area contributed by atoms with Crippen LogP contribution in [0.4, 0.5) is 4.79 Å². The number of nitrogens with zero attached hydrogens (tertiary/aromatic N) is 3. The van der Waals surface area contributed by atoms with Crippen LogP contribution < -0.4 is 0 Å². The summed E-state index contributed by atoms with van der Waals surface area (Å²) in [7, 11) is 0. The van der Waals surface area contributed by atoms with E-state index in [9.17, 15) is 10.1 Å². The van der Waals surface area contributed by atoms with Crippen molar-refractivity contribution in [1.82, 2.24) is 9.80 Å². The van der Waals surface area contributed by atoms with Crippen molar-refractivity contribution in [1.29, 1.82) is 5.26 Å². The number of piperidine rings is 2. The van der Waals surface area contributed by atoms with Crippen LogP contribution in [0.25, 0.3) is 5.57 Å². The Kier molecular flexibility index (Phi) is 7.11. The molecule has 5 heteroatoms. The third-order valence-corrected chi connectivity index (χ3v) is 6.07. The molecule has 0 bridgehead atoms. The van der Waals surface area contributed by atoms with E-state index in [4.69, 9.17) is 5.11 Å². The first-order valence-corrected chi connectivity index (χ1v) is 10.5. The Balaban J connectivity index is 1.56. The number of aryl methyl sites for hydroxylation is 1. The quantitative estimate of drug-likeness (QED) is 0.803. The minimum Gasteiger partial charge on any atom is -0.396 e. The lowest BCUT2D eigenvalue weighted by Crippen LogP contribution is -2.48. The first kappa shape index (κ1) is 20.4. The van der Waals surface area contributed by atoms with E-state index in [1.54, 1.807) is 0 Å². The van der Waals surface area contributed by atoms with E-state index in [0.717, 1.165) is 68.3 Å². The number of urea groups is 1. The highest BCUT2D eigenvalue weighted by molar-refractivity contribution is 5.80. The summed E-state index contributed by atoms with van der Waals surface area (Å²) < 4.78 is 0. The van der Waals surface area contributed by atoms with Gasteiger partial charge in [-0.1, -0.05) is 29.8 Å². The zero-order chi connectivity index (χ0) is 19.9. The molecule has 3 rings (SSSR count). The van der Waals surface area contributed by atoms with Gasteiger partial charge in [-0.05, 0) is 62.5 Å². The van der Waals surface area contributed by atoms with Crippen LogP contribution in [-0.4, -0.2) is 53.7 Å². The summed E-state index contributed by atoms with van der Waals surface area (Å²) in [4.78, 5) is 16.8. The van der Waals surface area contributed by atoms with Gasteiger partial charge in [0.05, 0.1) is 11.6 Å². The van der Waals surface area contributed by atoms with Gasteiger partial charge < -0.3 is 14.9 Å². The first-order valence-electron chi connectivity index (χ1n) is 10.5. The molecular weight excluding hydrogens is 350 g/mol. The van der Waals surface area contributed by atoms with Gasteiger partial charge >= 0.3 is 6.03 Å². The summed E-state index contributed by atoms with van der Waals surface area (Å²) in [6.45, 7) is 5.32. The molecule has 0 aromatic heterocycles. The molecule has 0 atom stereocenters. The van der Waals surface area contributed by atoms with Crippen LogP contribution in [-0.2, 0) is 0 Å². The van der Waals surface area contributed by atoms with E-state index in [2.05, 4.69) is 12.1 Å².